The predicted octanol–water partition coefficient (Wildman–Crippen LogP) is 1.36. The number of fused-ring (bicyclic) bond motifs is 2. The van der Waals surface area contributed by atoms with Crippen LogP contribution in [0.3, 0.4) is 0 Å². The maximum absolute atomic E-state index is 12.1. The van der Waals surface area contributed by atoms with Crippen molar-refractivity contribution >= 4 is 15.9 Å². The van der Waals surface area contributed by atoms with Gasteiger partial charge in [0.25, 0.3) is 0 Å². The lowest BCUT2D eigenvalue weighted by Crippen LogP contribution is -2.42. The molecule has 2 bridgehead atoms. The number of alkyl halides is 3. The molecule has 0 spiro atoms. The molecule has 2 unspecified atom stereocenters. The second kappa shape index (κ2) is 3.19. The highest BCUT2D eigenvalue weighted by Crippen LogP contribution is 2.49. The van der Waals surface area contributed by atoms with E-state index in [1.165, 1.54) is 0 Å². The van der Waals surface area contributed by atoms with Crippen molar-refractivity contribution in [3.8, 4) is 0 Å². The summed E-state index contributed by atoms with van der Waals surface area (Å²) in [4.78, 5) is 11.4. The number of Topliss-reactive ketones (excluding diaryl/α,β-unsaturated/α-hetero) is 1. The molecule has 16 heavy (non-hydrogen) atoms. The van der Waals surface area contributed by atoms with Crippen LogP contribution in [0.25, 0.3) is 0 Å². The van der Waals surface area contributed by atoms with E-state index in [1.807, 2.05) is 0 Å². The first-order chi connectivity index (χ1) is 7.16. The van der Waals surface area contributed by atoms with Crippen molar-refractivity contribution in [2.75, 3.05) is 0 Å². The van der Waals surface area contributed by atoms with E-state index in [2.05, 4.69) is 4.18 Å². The lowest BCUT2D eigenvalue weighted by molar-refractivity contribution is -0.133. The zero-order valence-electron chi connectivity index (χ0n) is 8.08. The zero-order valence-corrected chi connectivity index (χ0v) is 8.90. The van der Waals surface area contributed by atoms with E-state index in [1.54, 1.807) is 0 Å². The molecule has 2 saturated carbocycles. The van der Waals surface area contributed by atoms with Gasteiger partial charge in [0.15, 0.2) is 5.78 Å². The molecule has 0 aromatic heterocycles. The zero-order chi connectivity index (χ0) is 12.2. The van der Waals surface area contributed by atoms with Crippen molar-refractivity contribution in [3.05, 3.63) is 0 Å². The number of carbonyl (C=O) groups is 1. The fourth-order valence-electron chi connectivity index (χ4n) is 2.36. The Morgan fingerprint density at radius 2 is 2.00 bits per heavy atom. The second-order valence-electron chi connectivity index (χ2n) is 4.21. The van der Waals surface area contributed by atoms with Crippen molar-refractivity contribution in [1.29, 1.82) is 0 Å². The quantitative estimate of drug-likeness (QED) is 0.554. The Morgan fingerprint density at radius 1 is 1.38 bits per heavy atom. The molecule has 0 aromatic rings. The average molecular weight is 258 g/mol. The van der Waals surface area contributed by atoms with Gasteiger partial charge in [-0.05, 0) is 25.2 Å². The van der Waals surface area contributed by atoms with E-state index < -0.39 is 27.0 Å². The van der Waals surface area contributed by atoms with Gasteiger partial charge in [0, 0.05) is 6.42 Å². The molecule has 2 rings (SSSR count). The first-order valence-electron chi connectivity index (χ1n) is 4.71. The predicted molar refractivity (Wildman–Crippen MR) is 45.8 cm³/mol. The van der Waals surface area contributed by atoms with Gasteiger partial charge < -0.3 is 0 Å². The lowest BCUT2D eigenvalue weighted by atomic mass is 9.96. The van der Waals surface area contributed by atoms with E-state index in [9.17, 15) is 26.4 Å². The smallest absolute Gasteiger partial charge is 0.296 e. The van der Waals surface area contributed by atoms with Crippen molar-refractivity contribution in [2.24, 2.45) is 5.92 Å². The van der Waals surface area contributed by atoms with Crippen LogP contribution in [0.4, 0.5) is 13.2 Å². The summed E-state index contributed by atoms with van der Waals surface area (Å²) in [6.45, 7) is 0. The molecule has 2 atom stereocenters. The molecule has 0 N–H and O–H groups in total. The third-order valence-corrected chi connectivity index (χ3v) is 4.22. The summed E-state index contributed by atoms with van der Waals surface area (Å²) in [5.74, 6) is -0.562. The third kappa shape index (κ3) is 1.64. The minimum Gasteiger partial charge on any atom is -0.296 e. The number of carbonyl (C=O) groups excluding carboxylic acids is 1. The van der Waals surface area contributed by atoms with Gasteiger partial charge in [-0.15, -0.1) is 0 Å². The Kier molecular flexibility index (Phi) is 2.36. The van der Waals surface area contributed by atoms with Crippen LogP contribution in [0.1, 0.15) is 25.7 Å². The van der Waals surface area contributed by atoms with Crippen molar-refractivity contribution in [3.63, 3.8) is 0 Å². The summed E-state index contributed by atoms with van der Waals surface area (Å²) < 4.78 is 62.2. The van der Waals surface area contributed by atoms with Crippen LogP contribution in [0.5, 0.6) is 0 Å². The molecule has 0 aromatic carbocycles. The molecule has 4 nitrogen and oxygen atoms in total. The summed E-state index contributed by atoms with van der Waals surface area (Å²) >= 11 is 0. The number of hydrogen-bond donors (Lipinski definition) is 0. The maximum atomic E-state index is 12.1. The van der Waals surface area contributed by atoms with Crippen LogP contribution in [0.2, 0.25) is 0 Å². The Morgan fingerprint density at radius 3 is 2.38 bits per heavy atom. The summed E-state index contributed by atoms with van der Waals surface area (Å²) in [5.41, 5.74) is -7.21. The maximum Gasteiger partial charge on any atom is 0.523 e. The van der Waals surface area contributed by atoms with Crippen LogP contribution in [0.15, 0.2) is 0 Å². The molecule has 92 valence electrons. The molecule has 8 heteroatoms. The van der Waals surface area contributed by atoms with Gasteiger partial charge in [-0.25, -0.2) is 4.18 Å². The molecule has 0 heterocycles. The minimum absolute atomic E-state index is 0.0315. The average Bonchev–Trinajstić information content (AvgIpc) is 2.57. The molecule has 0 amide bonds. The van der Waals surface area contributed by atoms with Gasteiger partial charge in [-0.3, -0.25) is 4.79 Å². The van der Waals surface area contributed by atoms with E-state index >= 15 is 0 Å². The van der Waals surface area contributed by atoms with Crippen molar-refractivity contribution in [1.82, 2.24) is 0 Å². The topological polar surface area (TPSA) is 60.4 Å². The molecular formula is C8H9F3O4S. The van der Waals surface area contributed by atoms with Crippen molar-refractivity contribution in [2.45, 2.75) is 36.8 Å². The number of rotatable bonds is 2. The standard InChI is InChI=1S/C8H9F3O4S/c9-8(10,11)16(13,14)15-7-2-1-5(4-7)3-6(7)12/h5H,1-4H2. The van der Waals surface area contributed by atoms with E-state index in [4.69, 9.17) is 0 Å². The van der Waals surface area contributed by atoms with Gasteiger partial charge in [-0.1, -0.05) is 0 Å². The Hall–Kier alpha value is -0.630. The van der Waals surface area contributed by atoms with Crippen LogP contribution >= 0.6 is 0 Å². The first kappa shape index (κ1) is 11.8. The van der Waals surface area contributed by atoms with Crippen molar-refractivity contribution < 1.29 is 30.6 Å². The number of halogens is 3. The van der Waals surface area contributed by atoms with Gasteiger partial charge in [0.2, 0.25) is 0 Å². The van der Waals surface area contributed by atoms with Crippen LogP contribution < -0.4 is 0 Å². The molecule has 2 aliphatic carbocycles. The normalized spacial score (nSPS) is 34.7. The van der Waals surface area contributed by atoms with Crippen LogP contribution in [-0.4, -0.2) is 25.3 Å². The minimum atomic E-state index is -5.68. The molecule has 2 fully saturated rings. The molecule has 0 saturated heterocycles. The van der Waals surface area contributed by atoms with Gasteiger partial charge >= 0.3 is 15.6 Å². The fraction of sp³-hybridized carbons (Fsp3) is 0.875. The Labute approximate surface area is 89.9 Å². The molecular weight excluding hydrogens is 249 g/mol. The van der Waals surface area contributed by atoms with E-state index in [-0.39, 0.29) is 25.2 Å². The number of hydrogen-bond acceptors (Lipinski definition) is 4. The van der Waals surface area contributed by atoms with Gasteiger partial charge in [-0.2, -0.15) is 21.6 Å². The number of ketones is 1. The molecule has 0 aliphatic heterocycles. The summed E-state index contributed by atoms with van der Waals surface area (Å²) in [5, 5.41) is 0. The summed E-state index contributed by atoms with van der Waals surface area (Å²) in [6, 6.07) is 0. The largest absolute Gasteiger partial charge is 0.523 e. The monoisotopic (exact) mass is 258 g/mol. The highest BCUT2D eigenvalue weighted by atomic mass is 32.2. The fourth-order valence-corrected chi connectivity index (χ4v) is 3.12. The molecule has 2 aliphatic rings. The lowest BCUT2D eigenvalue weighted by Gasteiger charge is -2.24. The third-order valence-electron chi connectivity index (χ3n) is 3.11. The van der Waals surface area contributed by atoms with Gasteiger partial charge in [0.05, 0.1) is 0 Å². The second-order valence-corrected chi connectivity index (χ2v) is 5.75. The van der Waals surface area contributed by atoms with Crippen LogP contribution in [0, 0.1) is 5.92 Å². The van der Waals surface area contributed by atoms with E-state index in [0.717, 1.165) is 0 Å². The molecule has 0 radical (unpaired) electrons. The van der Waals surface area contributed by atoms with E-state index in [0.29, 0.717) is 6.42 Å². The van der Waals surface area contributed by atoms with Gasteiger partial charge in [0.1, 0.15) is 5.60 Å². The Bertz CT molecular complexity index is 427. The first-order valence-corrected chi connectivity index (χ1v) is 6.12. The highest BCUT2D eigenvalue weighted by molar-refractivity contribution is 7.87. The summed E-state index contributed by atoms with van der Waals surface area (Å²) in [7, 11) is -5.68. The SMILES string of the molecule is O=C1CC2CCC1(OS(=O)(=O)C(F)(F)F)C2. The summed E-state index contributed by atoms with van der Waals surface area (Å²) in [6.07, 6.45) is 0.805. The van der Waals surface area contributed by atoms with Crippen LogP contribution in [-0.2, 0) is 19.1 Å². The Balaban J connectivity index is 2.26. The highest BCUT2D eigenvalue weighted by Gasteiger charge is 2.59.